The van der Waals surface area contributed by atoms with Gasteiger partial charge in [-0.1, -0.05) is 91.0 Å². The van der Waals surface area contributed by atoms with E-state index in [1.54, 1.807) is 0 Å². The summed E-state index contributed by atoms with van der Waals surface area (Å²) < 4.78 is 16.9. The molecule has 1 fully saturated rings. The SMILES string of the molecule is Cc1cc(C2(c3ccccc3)c3ccccc3-c3ccccc32)ccc1OCCOCC1CO1. The highest BCUT2D eigenvalue weighted by molar-refractivity contribution is 5.86. The van der Waals surface area contributed by atoms with Crippen LogP contribution in [-0.4, -0.2) is 32.5 Å². The van der Waals surface area contributed by atoms with Crippen LogP contribution in [0, 0.1) is 6.92 Å². The maximum absolute atomic E-state index is 6.07. The lowest BCUT2D eigenvalue weighted by atomic mass is 9.67. The Morgan fingerprint density at radius 3 is 2.06 bits per heavy atom. The molecule has 1 atom stereocenters. The van der Waals surface area contributed by atoms with Gasteiger partial charge in [0.05, 0.1) is 25.2 Å². The van der Waals surface area contributed by atoms with Gasteiger partial charge in [0, 0.05) is 0 Å². The normalized spacial score (nSPS) is 17.1. The van der Waals surface area contributed by atoms with Crippen molar-refractivity contribution in [3.8, 4) is 16.9 Å². The quantitative estimate of drug-likeness (QED) is 0.211. The molecule has 0 saturated carbocycles. The molecule has 0 N–H and O–H groups in total. The zero-order valence-electron chi connectivity index (χ0n) is 19.4. The Balaban J connectivity index is 1.42. The second kappa shape index (κ2) is 8.75. The molecule has 3 nitrogen and oxygen atoms in total. The van der Waals surface area contributed by atoms with Crippen LogP contribution in [0.4, 0.5) is 0 Å². The standard InChI is InChI=1S/C31H28O3/c1-22-19-24(15-16-30(22)33-18-17-32-20-25-21-34-25)31(23-9-3-2-4-10-23)28-13-7-5-11-26(28)27-12-6-8-14-29(27)31/h2-16,19,25H,17-18,20-21H2,1H3. The van der Waals surface area contributed by atoms with Crippen LogP contribution in [0.3, 0.4) is 0 Å². The van der Waals surface area contributed by atoms with Crippen LogP contribution in [0.1, 0.15) is 27.8 Å². The summed E-state index contributed by atoms with van der Waals surface area (Å²) in [5.74, 6) is 0.901. The van der Waals surface area contributed by atoms with E-state index in [9.17, 15) is 0 Å². The fourth-order valence-corrected chi connectivity index (χ4v) is 5.35. The minimum atomic E-state index is -0.370. The number of rotatable bonds is 8. The van der Waals surface area contributed by atoms with E-state index in [0.29, 0.717) is 19.8 Å². The third-order valence-electron chi connectivity index (χ3n) is 6.96. The van der Waals surface area contributed by atoms with Crippen molar-refractivity contribution in [3.63, 3.8) is 0 Å². The van der Waals surface area contributed by atoms with E-state index in [-0.39, 0.29) is 11.5 Å². The first kappa shape index (κ1) is 21.2. The Labute approximate surface area is 200 Å². The van der Waals surface area contributed by atoms with Crippen LogP contribution < -0.4 is 4.74 Å². The molecule has 0 aromatic heterocycles. The van der Waals surface area contributed by atoms with Gasteiger partial charge in [-0.25, -0.2) is 0 Å². The molecule has 1 aliphatic carbocycles. The van der Waals surface area contributed by atoms with Crippen molar-refractivity contribution in [1.29, 1.82) is 0 Å². The summed E-state index contributed by atoms with van der Waals surface area (Å²) in [7, 11) is 0. The summed E-state index contributed by atoms with van der Waals surface area (Å²) in [6, 6.07) is 35.1. The Morgan fingerprint density at radius 2 is 1.41 bits per heavy atom. The lowest BCUT2D eigenvalue weighted by Gasteiger charge is -2.34. The minimum Gasteiger partial charge on any atom is -0.491 e. The van der Waals surface area contributed by atoms with Crippen molar-refractivity contribution >= 4 is 0 Å². The molecule has 4 aromatic rings. The predicted octanol–water partition coefficient (Wildman–Crippen LogP) is 6.15. The van der Waals surface area contributed by atoms with Crippen LogP contribution in [0.15, 0.2) is 97.1 Å². The Hall–Kier alpha value is -3.40. The van der Waals surface area contributed by atoms with Crippen LogP contribution in [-0.2, 0) is 14.9 Å². The van der Waals surface area contributed by atoms with E-state index < -0.39 is 0 Å². The molecule has 3 heteroatoms. The molecule has 4 aromatic carbocycles. The molecule has 2 aliphatic rings. The van der Waals surface area contributed by atoms with Crippen molar-refractivity contribution < 1.29 is 14.2 Å². The number of benzene rings is 4. The van der Waals surface area contributed by atoms with Crippen LogP contribution >= 0.6 is 0 Å². The van der Waals surface area contributed by atoms with Gasteiger partial charge in [-0.15, -0.1) is 0 Å². The van der Waals surface area contributed by atoms with Crippen molar-refractivity contribution in [3.05, 3.63) is 125 Å². The summed E-state index contributed by atoms with van der Waals surface area (Å²) in [5, 5.41) is 0. The largest absolute Gasteiger partial charge is 0.491 e. The van der Waals surface area contributed by atoms with Crippen molar-refractivity contribution in [2.45, 2.75) is 18.4 Å². The summed E-state index contributed by atoms with van der Waals surface area (Å²) in [6.45, 7) is 4.69. The van der Waals surface area contributed by atoms with E-state index in [4.69, 9.17) is 14.2 Å². The van der Waals surface area contributed by atoms with Crippen molar-refractivity contribution in [2.24, 2.45) is 0 Å². The highest BCUT2D eigenvalue weighted by atomic mass is 16.6. The van der Waals surface area contributed by atoms with Gasteiger partial charge in [-0.2, -0.15) is 0 Å². The Bertz CT molecular complexity index is 1260. The zero-order chi connectivity index (χ0) is 23.0. The van der Waals surface area contributed by atoms with E-state index >= 15 is 0 Å². The molecular formula is C31H28O3. The van der Waals surface area contributed by atoms with Gasteiger partial charge < -0.3 is 14.2 Å². The van der Waals surface area contributed by atoms with Gasteiger partial charge in [0.2, 0.25) is 0 Å². The highest BCUT2D eigenvalue weighted by Crippen LogP contribution is 2.56. The van der Waals surface area contributed by atoms with E-state index in [0.717, 1.165) is 17.9 Å². The number of epoxide rings is 1. The first-order chi connectivity index (χ1) is 16.8. The van der Waals surface area contributed by atoms with Gasteiger partial charge >= 0.3 is 0 Å². The zero-order valence-corrected chi connectivity index (χ0v) is 19.4. The summed E-state index contributed by atoms with van der Waals surface area (Å²) in [5.41, 5.74) is 8.54. The predicted molar refractivity (Wildman–Crippen MR) is 135 cm³/mol. The highest BCUT2D eigenvalue weighted by Gasteiger charge is 2.45. The van der Waals surface area contributed by atoms with Crippen LogP contribution in [0.5, 0.6) is 5.75 Å². The number of ether oxygens (including phenoxy) is 3. The summed E-state index contributed by atoms with van der Waals surface area (Å²) in [4.78, 5) is 0. The molecule has 0 amide bonds. The fourth-order valence-electron chi connectivity index (χ4n) is 5.35. The van der Waals surface area contributed by atoms with Gasteiger partial charge in [-0.05, 0) is 51.9 Å². The lowest BCUT2D eigenvalue weighted by molar-refractivity contribution is 0.0876. The van der Waals surface area contributed by atoms with Crippen molar-refractivity contribution in [1.82, 2.24) is 0 Å². The smallest absolute Gasteiger partial charge is 0.122 e. The average molecular weight is 449 g/mol. The summed E-state index contributed by atoms with van der Waals surface area (Å²) in [6.07, 6.45) is 0.285. The molecule has 0 radical (unpaired) electrons. The third-order valence-corrected chi connectivity index (χ3v) is 6.96. The molecule has 0 bridgehead atoms. The molecule has 1 unspecified atom stereocenters. The fraction of sp³-hybridized carbons (Fsp3) is 0.226. The van der Waals surface area contributed by atoms with Crippen LogP contribution in [0.2, 0.25) is 0 Å². The van der Waals surface area contributed by atoms with Crippen LogP contribution in [0.25, 0.3) is 11.1 Å². The minimum absolute atomic E-state index is 0.285. The molecule has 1 heterocycles. The number of fused-ring (bicyclic) bond motifs is 3. The Morgan fingerprint density at radius 1 is 0.765 bits per heavy atom. The first-order valence-electron chi connectivity index (χ1n) is 12.0. The molecule has 6 rings (SSSR count). The van der Waals surface area contributed by atoms with Gasteiger partial charge in [-0.3, -0.25) is 0 Å². The topological polar surface area (TPSA) is 31.0 Å². The number of hydrogen-bond acceptors (Lipinski definition) is 3. The van der Waals surface area contributed by atoms with E-state index in [1.165, 1.54) is 33.4 Å². The maximum Gasteiger partial charge on any atom is 0.122 e. The first-order valence-corrected chi connectivity index (χ1v) is 12.0. The monoisotopic (exact) mass is 448 g/mol. The summed E-state index contributed by atoms with van der Waals surface area (Å²) >= 11 is 0. The van der Waals surface area contributed by atoms with Gasteiger partial charge in [0.15, 0.2) is 0 Å². The third kappa shape index (κ3) is 3.53. The molecule has 1 aliphatic heterocycles. The van der Waals surface area contributed by atoms with Gasteiger partial charge in [0.25, 0.3) is 0 Å². The average Bonchev–Trinajstić information content (AvgIpc) is 3.66. The number of hydrogen-bond donors (Lipinski definition) is 0. The second-order valence-electron chi connectivity index (χ2n) is 9.07. The second-order valence-corrected chi connectivity index (χ2v) is 9.07. The maximum atomic E-state index is 6.07. The van der Waals surface area contributed by atoms with Crippen molar-refractivity contribution in [2.75, 3.05) is 26.4 Å². The molecule has 170 valence electrons. The molecule has 1 saturated heterocycles. The van der Waals surface area contributed by atoms with E-state index in [2.05, 4.69) is 104 Å². The molecule has 34 heavy (non-hydrogen) atoms. The number of aryl methyl sites for hydroxylation is 1. The molecule has 0 spiro atoms. The molecular weight excluding hydrogens is 420 g/mol. The Kier molecular flexibility index (Phi) is 5.44. The van der Waals surface area contributed by atoms with E-state index in [1.807, 2.05) is 0 Å². The lowest BCUT2D eigenvalue weighted by Crippen LogP contribution is -2.28. The van der Waals surface area contributed by atoms with Gasteiger partial charge in [0.1, 0.15) is 18.5 Å².